The highest BCUT2D eigenvalue weighted by atomic mass is 19.1. The normalized spacial score (nSPS) is 10.8. The predicted octanol–water partition coefficient (Wildman–Crippen LogP) is 6.85. The van der Waals surface area contributed by atoms with Crippen LogP contribution in [-0.4, -0.2) is 9.97 Å². The van der Waals surface area contributed by atoms with Gasteiger partial charge in [0.05, 0.1) is 5.56 Å². The smallest absolute Gasteiger partial charge is 0.159 e. The van der Waals surface area contributed by atoms with Crippen molar-refractivity contribution in [2.24, 2.45) is 0 Å². The Bertz CT molecular complexity index is 1300. The van der Waals surface area contributed by atoms with Crippen LogP contribution in [0.25, 0.3) is 22.2 Å². The molecule has 0 aliphatic heterocycles. The van der Waals surface area contributed by atoms with Crippen LogP contribution in [0.15, 0.2) is 60.9 Å². The van der Waals surface area contributed by atoms with Crippen LogP contribution in [0.1, 0.15) is 42.9 Å². The first-order chi connectivity index (χ1) is 15.5. The molecule has 0 N–H and O–H groups in total. The van der Waals surface area contributed by atoms with Crippen molar-refractivity contribution in [1.82, 2.24) is 9.97 Å². The molecular formula is C27H21F3N2. The Morgan fingerprint density at radius 2 is 1.47 bits per heavy atom. The summed E-state index contributed by atoms with van der Waals surface area (Å²) >= 11 is 0. The Morgan fingerprint density at radius 1 is 0.781 bits per heavy atom. The molecule has 0 aliphatic rings. The molecule has 0 saturated heterocycles. The maximum absolute atomic E-state index is 14.6. The Morgan fingerprint density at radius 3 is 2.19 bits per heavy atom. The Balaban J connectivity index is 1.57. The summed E-state index contributed by atoms with van der Waals surface area (Å²) in [7, 11) is 0. The number of nitrogens with zero attached hydrogens (tertiary/aromatic N) is 2. The fraction of sp³-hybridized carbons (Fsp3) is 0.185. The Hall–Kier alpha value is -3.65. The molecule has 3 aromatic carbocycles. The lowest BCUT2D eigenvalue weighted by Gasteiger charge is -2.05. The highest BCUT2D eigenvalue weighted by Gasteiger charge is 2.12. The number of fused-ring (bicyclic) bond motifs is 1. The van der Waals surface area contributed by atoms with E-state index in [1.165, 1.54) is 24.3 Å². The van der Waals surface area contributed by atoms with Crippen molar-refractivity contribution in [2.75, 3.05) is 0 Å². The number of hydrogen-bond acceptors (Lipinski definition) is 2. The van der Waals surface area contributed by atoms with Gasteiger partial charge in [-0.3, -0.25) is 0 Å². The molecule has 1 heterocycles. The van der Waals surface area contributed by atoms with Crippen LogP contribution in [0.5, 0.6) is 0 Å². The number of hydrogen-bond donors (Lipinski definition) is 0. The third-order valence-corrected chi connectivity index (χ3v) is 5.21. The second kappa shape index (κ2) is 9.65. The third-order valence-electron chi connectivity index (χ3n) is 5.21. The zero-order valence-corrected chi connectivity index (χ0v) is 17.6. The van der Waals surface area contributed by atoms with Crippen molar-refractivity contribution in [3.8, 4) is 23.2 Å². The van der Waals surface area contributed by atoms with Crippen LogP contribution >= 0.6 is 0 Å². The van der Waals surface area contributed by atoms with Crippen LogP contribution in [0.4, 0.5) is 13.2 Å². The van der Waals surface area contributed by atoms with Crippen LogP contribution in [-0.2, 0) is 6.42 Å². The van der Waals surface area contributed by atoms with E-state index in [0.717, 1.165) is 42.0 Å². The van der Waals surface area contributed by atoms with E-state index in [1.54, 1.807) is 36.7 Å². The van der Waals surface area contributed by atoms with E-state index in [-0.39, 0.29) is 22.8 Å². The molecule has 1 aromatic heterocycles. The molecule has 4 rings (SSSR count). The van der Waals surface area contributed by atoms with Crippen LogP contribution in [0, 0.1) is 29.3 Å². The summed E-state index contributed by atoms with van der Waals surface area (Å²) in [5, 5.41) is 1.53. The topological polar surface area (TPSA) is 25.8 Å². The minimum Gasteiger partial charge on any atom is -0.236 e. The standard InChI is InChI=1S/C27H21F3N2/c1-2-3-4-5-19-16-31-27(32-17-19)22-14-25(29)24(26(30)15-22)11-7-18-6-8-21-13-23(28)10-9-20(21)12-18/h6,8-10,12-17H,2-5H2,1H3. The van der Waals surface area contributed by atoms with Crippen molar-refractivity contribution < 1.29 is 13.2 Å². The van der Waals surface area contributed by atoms with E-state index >= 15 is 0 Å². The van der Waals surface area contributed by atoms with Gasteiger partial charge in [0, 0.05) is 23.5 Å². The van der Waals surface area contributed by atoms with Crippen molar-refractivity contribution in [2.45, 2.75) is 32.6 Å². The van der Waals surface area contributed by atoms with Crippen LogP contribution in [0.3, 0.4) is 0 Å². The Labute approximate surface area is 185 Å². The average Bonchev–Trinajstić information content (AvgIpc) is 2.79. The molecule has 0 saturated carbocycles. The van der Waals surface area contributed by atoms with Crippen molar-refractivity contribution in [3.05, 3.63) is 95.1 Å². The maximum Gasteiger partial charge on any atom is 0.159 e. The van der Waals surface area contributed by atoms with Gasteiger partial charge in [0.1, 0.15) is 17.5 Å². The molecule has 0 bridgehead atoms. The van der Waals surface area contributed by atoms with E-state index < -0.39 is 11.6 Å². The van der Waals surface area contributed by atoms with Gasteiger partial charge < -0.3 is 0 Å². The first kappa shape index (κ1) is 21.6. The van der Waals surface area contributed by atoms with Gasteiger partial charge in [-0.15, -0.1) is 0 Å². The van der Waals surface area contributed by atoms with Crippen LogP contribution in [0.2, 0.25) is 0 Å². The van der Waals surface area contributed by atoms with E-state index in [2.05, 4.69) is 28.7 Å². The molecule has 0 spiro atoms. The minimum absolute atomic E-state index is 0.262. The number of benzene rings is 3. The van der Waals surface area contributed by atoms with E-state index in [9.17, 15) is 13.2 Å². The summed E-state index contributed by atoms with van der Waals surface area (Å²) in [5.74, 6) is 3.76. The lowest BCUT2D eigenvalue weighted by Crippen LogP contribution is -1.97. The van der Waals surface area contributed by atoms with Gasteiger partial charge in [0.25, 0.3) is 0 Å². The van der Waals surface area contributed by atoms with E-state index in [0.29, 0.717) is 5.56 Å². The van der Waals surface area contributed by atoms with Gasteiger partial charge in [-0.2, -0.15) is 0 Å². The summed E-state index contributed by atoms with van der Waals surface area (Å²) in [6.07, 6.45) is 7.62. The SMILES string of the molecule is CCCCCc1cnc(-c2cc(F)c(C#Cc3ccc4cc(F)ccc4c3)c(F)c2)nc1. The molecule has 0 fully saturated rings. The highest BCUT2D eigenvalue weighted by molar-refractivity contribution is 5.84. The number of aryl methyl sites for hydroxylation is 1. The molecule has 5 heteroatoms. The fourth-order valence-corrected chi connectivity index (χ4v) is 3.46. The molecule has 0 aliphatic carbocycles. The lowest BCUT2D eigenvalue weighted by molar-refractivity contribution is 0.578. The lowest BCUT2D eigenvalue weighted by atomic mass is 10.1. The molecule has 0 atom stereocenters. The summed E-state index contributed by atoms with van der Waals surface area (Å²) < 4.78 is 42.6. The summed E-state index contributed by atoms with van der Waals surface area (Å²) in [4.78, 5) is 8.52. The van der Waals surface area contributed by atoms with Crippen LogP contribution < -0.4 is 0 Å². The summed E-state index contributed by atoms with van der Waals surface area (Å²) in [5.41, 5.74) is 1.53. The number of unbranched alkanes of at least 4 members (excludes halogenated alkanes) is 2. The zero-order chi connectivity index (χ0) is 22.5. The van der Waals surface area contributed by atoms with Gasteiger partial charge in [-0.25, -0.2) is 23.1 Å². The van der Waals surface area contributed by atoms with E-state index in [1.807, 2.05) is 0 Å². The summed E-state index contributed by atoms with van der Waals surface area (Å²) in [6, 6.07) is 12.0. The minimum atomic E-state index is -0.772. The molecule has 160 valence electrons. The average molecular weight is 430 g/mol. The first-order valence-electron chi connectivity index (χ1n) is 10.5. The first-order valence-corrected chi connectivity index (χ1v) is 10.5. The molecule has 0 radical (unpaired) electrons. The summed E-state index contributed by atoms with van der Waals surface area (Å²) in [6.45, 7) is 2.14. The molecule has 2 nitrogen and oxygen atoms in total. The van der Waals surface area contributed by atoms with Gasteiger partial charge in [-0.05, 0) is 65.6 Å². The largest absolute Gasteiger partial charge is 0.236 e. The van der Waals surface area contributed by atoms with Crippen molar-refractivity contribution in [1.29, 1.82) is 0 Å². The maximum atomic E-state index is 14.6. The quantitative estimate of drug-likeness (QED) is 0.256. The molecule has 0 unspecified atom stereocenters. The van der Waals surface area contributed by atoms with E-state index in [4.69, 9.17) is 0 Å². The monoisotopic (exact) mass is 430 g/mol. The molecule has 32 heavy (non-hydrogen) atoms. The van der Waals surface area contributed by atoms with Crippen molar-refractivity contribution >= 4 is 10.8 Å². The van der Waals surface area contributed by atoms with Gasteiger partial charge >= 0.3 is 0 Å². The second-order valence-electron chi connectivity index (χ2n) is 7.64. The van der Waals surface area contributed by atoms with Gasteiger partial charge in [0.15, 0.2) is 5.82 Å². The third kappa shape index (κ3) is 4.97. The highest BCUT2D eigenvalue weighted by Crippen LogP contribution is 2.22. The molecule has 4 aromatic rings. The number of aromatic nitrogens is 2. The molecular weight excluding hydrogens is 409 g/mol. The molecule has 0 amide bonds. The predicted molar refractivity (Wildman–Crippen MR) is 120 cm³/mol. The second-order valence-corrected chi connectivity index (χ2v) is 7.64. The Kier molecular flexibility index (Phi) is 6.51. The zero-order valence-electron chi connectivity index (χ0n) is 17.6. The fourth-order valence-electron chi connectivity index (χ4n) is 3.46. The number of rotatable bonds is 5. The number of halogens is 3. The van der Waals surface area contributed by atoms with Crippen molar-refractivity contribution in [3.63, 3.8) is 0 Å². The van der Waals surface area contributed by atoms with Gasteiger partial charge in [-0.1, -0.05) is 43.7 Å². The van der Waals surface area contributed by atoms with Gasteiger partial charge in [0.2, 0.25) is 0 Å².